The lowest BCUT2D eigenvalue weighted by molar-refractivity contribution is -0.144. The van der Waals surface area contributed by atoms with Gasteiger partial charge in [0.15, 0.2) is 11.5 Å². The third kappa shape index (κ3) is 4.96. The van der Waals surface area contributed by atoms with Gasteiger partial charge in [0.25, 0.3) is 0 Å². The monoisotopic (exact) mass is 504 g/mol. The molecule has 1 aliphatic carbocycles. The highest BCUT2D eigenvalue weighted by atomic mass is 32.2. The van der Waals surface area contributed by atoms with Crippen LogP contribution in [0.4, 0.5) is 0 Å². The maximum absolute atomic E-state index is 13.5. The SMILES string of the molecule is COc1cc2c(cc1OC)[C@H](C1C(=O)CC(C)CC1=O)N(C(=O)CSC(=S)N1CCCC1)CC2. The number of fused-ring (bicyclic) bond motifs is 1. The van der Waals surface area contributed by atoms with Gasteiger partial charge in [-0.15, -0.1) is 0 Å². The molecular formula is C25H32N2O5S2. The molecule has 0 bridgehead atoms. The van der Waals surface area contributed by atoms with E-state index >= 15 is 0 Å². The van der Waals surface area contributed by atoms with Crippen LogP contribution in [-0.4, -0.2) is 71.2 Å². The molecule has 2 aliphatic heterocycles. The summed E-state index contributed by atoms with van der Waals surface area (Å²) in [5.41, 5.74) is 1.77. The number of thioether (sulfide) groups is 1. The first-order valence-corrected chi connectivity index (χ1v) is 13.2. The molecule has 0 unspecified atom stereocenters. The van der Waals surface area contributed by atoms with Crippen molar-refractivity contribution >= 4 is 45.8 Å². The molecule has 0 N–H and O–H groups in total. The number of hydrogen-bond donors (Lipinski definition) is 0. The molecule has 1 aromatic rings. The number of methoxy groups -OCH3 is 2. The average molecular weight is 505 g/mol. The molecule has 0 aromatic heterocycles. The number of benzene rings is 1. The molecule has 1 atom stereocenters. The molecule has 3 aliphatic rings. The van der Waals surface area contributed by atoms with Gasteiger partial charge in [0.1, 0.15) is 21.8 Å². The quantitative estimate of drug-likeness (QED) is 0.446. The Kier molecular flexibility index (Phi) is 7.82. The Bertz CT molecular complexity index is 974. The summed E-state index contributed by atoms with van der Waals surface area (Å²) in [6, 6.07) is 3.10. The Morgan fingerprint density at radius 1 is 1.06 bits per heavy atom. The van der Waals surface area contributed by atoms with Gasteiger partial charge < -0.3 is 19.3 Å². The zero-order valence-electron chi connectivity index (χ0n) is 20.0. The highest BCUT2D eigenvalue weighted by Crippen LogP contribution is 2.44. The van der Waals surface area contributed by atoms with Crippen molar-refractivity contribution in [2.24, 2.45) is 11.8 Å². The Balaban J connectivity index is 1.65. The number of carbonyl (C=O) groups is 3. The van der Waals surface area contributed by atoms with E-state index in [-0.39, 0.29) is 29.1 Å². The van der Waals surface area contributed by atoms with Crippen molar-refractivity contribution in [2.75, 3.05) is 39.6 Å². The van der Waals surface area contributed by atoms with Crippen LogP contribution in [-0.2, 0) is 20.8 Å². The molecule has 9 heteroatoms. The van der Waals surface area contributed by atoms with E-state index in [1.54, 1.807) is 19.1 Å². The van der Waals surface area contributed by atoms with Crippen LogP contribution < -0.4 is 9.47 Å². The Hall–Kier alpha value is -2.13. The van der Waals surface area contributed by atoms with Gasteiger partial charge in [-0.1, -0.05) is 30.9 Å². The van der Waals surface area contributed by atoms with Gasteiger partial charge in [-0.05, 0) is 48.4 Å². The third-order valence-corrected chi connectivity index (χ3v) is 8.54. The lowest BCUT2D eigenvalue weighted by Gasteiger charge is -2.42. The fourth-order valence-electron chi connectivity index (χ4n) is 5.36. The largest absolute Gasteiger partial charge is 0.493 e. The van der Waals surface area contributed by atoms with E-state index in [0.29, 0.717) is 37.3 Å². The predicted molar refractivity (Wildman–Crippen MR) is 135 cm³/mol. The van der Waals surface area contributed by atoms with Crippen LogP contribution in [0.25, 0.3) is 0 Å². The molecule has 1 aromatic carbocycles. The maximum atomic E-state index is 13.5. The maximum Gasteiger partial charge on any atom is 0.233 e. The molecule has 0 spiro atoms. The number of likely N-dealkylation sites (tertiary alicyclic amines) is 1. The molecule has 184 valence electrons. The topological polar surface area (TPSA) is 76.1 Å². The predicted octanol–water partition coefficient (Wildman–Crippen LogP) is 3.43. The summed E-state index contributed by atoms with van der Waals surface area (Å²) in [5, 5.41) is 0. The zero-order chi connectivity index (χ0) is 24.4. The van der Waals surface area contributed by atoms with E-state index in [0.717, 1.165) is 41.4 Å². The van der Waals surface area contributed by atoms with Gasteiger partial charge in [0, 0.05) is 32.5 Å². The van der Waals surface area contributed by atoms with Crippen molar-refractivity contribution < 1.29 is 23.9 Å². The van der Waals surface area contributed by atoms with Crippen LogP contribution in [0.1, 0.15) is 49.8 Å². The summed E-state index contributed by atoms with van der Waals surface area (Å²) in [6.07, 6.45) is 3.56. The van der Waals surface area contributed by atoms with Crippen molar-refractivity contribution in [2.45, 2.75) is 45.1 Å². The summed E-state index contributed by atoms with van der Waals surface area (Å²) >= 11 is 6.91. The molecule has 1 saturated carbocycles. The van der Waals surface area contributed by atoms with Crippen molar-refractivity contribution in [3.05, 3.63) is 23.3 Å². The Labute approximate surface area is 210 Å². The van der Waals surface area contributed by atoms with E-state index in [1.807, 2.05) is 19.1 Å². The van der Waals surface area contributed by atoms with E-state index in [2.05, 4.69) is 4.90 Å². The first-order chi connectivity index (χ1) is 16.3. The summed E-state index contributed by atoms with van der Waals surface area (Å²) in [6.45, 7) is 4.23. The van der Waals surface area contributed by atoms with Crippen molar-refractivity contribution in [3.8, 4) is 11.5 Å². The second-order valence-electron chi connectivity index (χ2n) is 9.36. The molecule has 34 heavy (non-hydrogen) atoms. The molecule has 2 heterocycles. The number of ether oxygens (including phenoxy) is 2. The number of thiocarbonyl (C=S) groups is 1. The molecule has 0 radical (unpaired) electrons. The van der Waals surface area contributed by atoms with E-state index < -0.39 is 12.0 Å². The number of carbonyl (C=O) groups excluding carboxylic acids is 3. The number of amides is 1. The summed E-state index contributed by atoms with van der Waals surface area (Å²) in [5.74, 6) is 0.213. The molecule has 1 amide bonds. The lowest BCUT2D eigenvalue weighted by Crippen LogP contribution is -2.49. The molecule has 7 nitrogen and oxygen atoms in total. The van der Waals surface area contributed by atoms with Crippen molar-refractivity contribution in [3.63, 3.8) is 0 Å². The third-order valence-electron chi connectivity index (χ3n) is 7.03. The lowest BCUT2D eigenvalue weighted by atomic mass is 9.73. The molecule has 4 rings (SSSR count). The Morgan fingerprint density at radius 3 is 2.29 bits per heavy atom. The van der Waals surface area contributed by atoms with Crippen LogP contribution >= 0.6 is 24.0 Å². The smallest absolute Gasteiger partial charge is 0.233 e. The normalized spacial score (nSPS) is 24.7. The molecule has 1 saturated heterocycles. The zero-order valence-corrected chi connectivity index (χ0v) is 21.6. The van der Waals surface area contributed by atoms with E-state index in [1.165, 1.54) is 11.8 Å². The fraction of sp³-hybridized carbons (Fsp3) is 0.600. The van der Waals surface area contributed by atoms with Crippen LogP contribution in [0.3, 0.4) is 0 Å². The van der Waals surface area contributed by atoms with Gasteiger partial charge in [-0.25, -0.2) is 0 Å². The van der Waals surface area contributed by atoms with Gasteiger partial charge in [0.2, 0.25) is 5.91 Å². The Morgan fingerprint density at radius 2 is 1.68 bits per heavy atom. The molecular weight excluding hydrogens is 472 g/mol. The van der Waals surface area contributed by atoms with Gasteiger partial charge in [-0.3, -0.25) is 14.4 Å². The van der Waals surface area contributed by atoms with Gasteiger partial charge in [-0.2, -0.15) is 0 Å². The highest BCUT2D eigenvalue weighted by molar-refractivity contribution is 8.23. The summed E-state index contributed by atoms with van der Waals surface area (Å²) < 4.78 is 11.7. The van der Waals surface area contributed by atoms with Crippen molar-refractivity contribution in [1.82, 2.24) is 9.80 Å². The second kappa shape index (κ2) is 10.6. The van der Waals surface area contributed by atoms with Crippen LogP contribution in [0, 0.1) is 11.8 Å². The number of hydrogen-bond acceptors (Lipinski definition) is 7. The summed E-state index contributed by atoms with van der Waals surface area (Å²) in [4.78, 5) is 43.7. The first kappa shape index (κ1) is 25.0. The number of Topliss-reactive ketones (excluding diaryl/α,β-unsaturated/α-hetero) is 2. The number of rotatable bonds is 5. The summed E-state index contributed by atoms with van der Waals surface area (Å²) in [7, 11) is 3.13. The minimum atomic E-state index is -0.854. The van der Waals surface area contributed by atoms with Crippen LogP contribution in [0.15, 0.2) is 12.1 Å². The van der Waals surface area contributed by atoms with E-state index in [4.69, 9.17) is 21.7 Å². The van der Waals surface area contributed by atoms with Crippen LogP contribution in [0.5, 0.6) is 11.5 Å². The van der Waals surface area contributed by atoms with E-state index in [9.17, 15) is 14.4 Å². The second-order valence-corrected chi connectivity index (χ2v) is 11.0. The van der Waals surface area contributed by atoms with Crippen LogP contribution in [0.2, 0.25) is 0 Å². The van der Waals surface area contributed by atoms with Gasteiger partial charge >= 0.3 is 0 Å². The standard InChI is InChI=1S/C25H32N2O5S2/c1-15-10-18(28)23(19(29)11-15)24-17-13-21(32-3)20(31-2)12-16(17)6-9-27(24)22(30)14-34-25(33)26-7-4-5-8-26/h12-13,15,23-24H,4-11,14H2,1-3H3/t15?,23?,24-/m1/s1. The minimum absolute atomic E-state index is 0.0299. The first-order valence-electron chi connectivity index (χ1n) is 11.9. The number of ketones is 2. The molecule has 2 fully saturated rings. The number of nitrogens with zero attached hydrogens (tertiary/aromatic N) is 2. The highest BCUT2D eigenvalue weighted by Gasteiger charge is 2.46. The van der Waals surface area contributed by atoms with Gasteiger partial charge in [0.05, 0.1) is 26.0 Å². The average Bonchev–Trinajstić information content (AvgIpc) is 3.36. The fourth-order valence-corrected chi connectivity index (χ4v) is 6.50. The van der Waals surface area contributed by atoms with Crippen molar-refractivity contribution in [1.29, 1.82) is 0 Å². The minimum Gasteiger partial charge on any atom is -0.493 e.